The third kappa shape index (κ3) is 2.53. The van der Waals surface area contributed by atoms with E-state index in [1.807, 2.05) is 4.90 Å². The summed E-state index contributed by atoms with van der Waals surface area (Å²) >= 11 is 0. The minimum Gasteiger partial charge on any atom is -0.378 e. The van der Waals surface area contributed by atoms with Crippen molar-refractivity contribution in [2.45, 2.75) is 18.9 Å². The Morgan fingerprint density at radius 1 is 1.22 bits per heavy atom. The number of rotatable bonds is 2. The van der Waals surface area contributed by atoms with Crippen LogP contribution < -0.4 is 5.32 Å². The van der Waals surface area contributed by atoms with Crippen molar-refractivity contribution in [3.8, 4) is 0 Å². The van der Waals surface area contributed by atoms with Crippen LogP contribution in [-0.2, 0) is 9.53 Å². The molecule has 0 radical (unpaired) electrons. The number of ether oxygens (including phenoxy) is 1. The molecule has 5 heteroatoms. The molecule has 0 aromatic heterocycles. The van der Waals surface area contributed by atoms with Gasteiger partial charge in [0, 0.05) is 25.7 Å². The number of nitrogens with one attached hydrogen (secondary N) is 1. The lowest BCUT2D eigenvalue weighted by atomic mass is 9.92. The van der Waals surface area contributed by atoms with Crippen LogP contribution in [0, 0.1) is 5.92 Å². The van der Waals surface area contributed by atoms with Crippen LogP contribution in [0.25, 0.3) is 0 Å². The van der Waals surface area contributed by atoms with Crippen LogP contribution in [0.4, 0.5) is 0 Å². The first kappa shape index (κ1) is 12.4. The Hall–Kier alpha value is -0.650. The fraction of sp³-hybridized carbons (Fsp3) is 0.923. The summed E-state index contributed by atoms with van der Waals surface area (Å²) in [5, 5.41) is 3.46. The van der Waals surface area contributed by atoms with Crippen LogP contribution in [0.3, 0.4) is 0 Å². The Morgan fingerprint density at radius 2 is 2.06 bits per heavy atom. The lowest BCUT2D eigenvalue weighted by Gasteiger charge is -2.38. The van der Waals surface area contributed by atoms with Crippen LogP contribution in [0.2, 0.25) is 0 Å². The fourth-order valence-corrected chi connectivity index (χ4v) is 3.45. The van der Waals surface area contributed by atoms with Gasteiger partial charge in [0.15, 0.2) is 0 Å². The minimum absolute atomic E-state index is 0.283. The van der Waals surface area contributed by atoms with Crippen molar-refractivity contribution in [3.63, 3.8) is 0 Å². The molecule has 3 aliphatic heterocycles. The minimum atomic E-state index is 0.283. The molecule has 2 unspecified atom stereocenters. The van der Waals surface area contributed by atoms with Crippen LogP contribution in [0.15, 0.2) is 0 Å². The second-order valence-corrected chi connectivity index (χ2v) is 5.59. The van der Waals surface area contributed by atoms with Crippen molar-refractivity contribution in [2.75, 3.05) is 52.5 Å². The number of amides is 1. The fourth-order valence-electron chi connectivity index (χ4n) is 3.45. The average molecular weight is 253 g/mol. The van der Waals surface area contributed by atoms with E-state index in [4.69, 9.17) is 4.74 Å². The molecule has 0 aromatic carbocycles. The SMILES string of the molecule is O=C(CN1CCCC2CNCC21)N1CCOCC1. The molecule has 1 amide bonds. The van der Waals surface area contributed by atoms with E-state index in [1.54, 1.807) is 0 Å². The Morgan fingerprint density at radius 3 is 2.89 bits per heavy atom. The van der Waals surface area contributed by atoms with Crippen LogP contribution in [0.5, 0.6) is 0 Å². The van der Waals surface area contributed by atoms with Gasteiger partial charge in [0.2, 0.25) is 5.91 Å². The molecule has 18 heavy (non-hydrogen) atoms. The number of carbonyl (C=O) groups excluding carboxylic acids is 1. The number of morpholine rings is 1. The second-order valence-electron chi connectivity index (χ2n) is 5.59. The molecule has 102 valence electrons. The third-order valence-corrected chi connectivity index (χ3v) is 4.50. The van der Waals surface area contributed by atoms with Crippen molar-refractivity contribution >= 4 is 5.91 Å². The first-order valence-corrected chi connectivity index (χ1v) is 7.15. The number of piperidine rings is 1. The van der Waals surface area contributed by atoms with Gasteiger partial charge in [0.05, 0.1) is 19.8 Å². The normalized spacial score (nSPS) is 33.4. The van der Waals surface area contributed by atoms with Gasteiger partial charge in [-0.25, -0.2) is 0 Å². The van der Waals surface area contributed by atoms with E-state index in [9.17, 15) is 4.79 Å². The van der Waals surface area contributed by atoms with Gasteiger partial charge in [-0.1, -0.05) is 0 Å². The number of hydrogen-bond acceptors (Lipinski definition) is 4. The molecular weight excluding hydrogens is 230 g/mol. The molecule has 3 heterocycles. The zero-order chi connectivity index (χ0) is 12.4. The molecule has 3 rings (SSSR count). The van der Waals surface area contributed by atoms with Crippen LogP contribution in [-0.4, -0.2) is 74.2 Å². The summed E-state index contributed by atoms with van der Waals surface area (Å²) < 4.78 is 5.29. The standard InChI is InChI=1S/C13H23N3O2/c17-13(15-4-6-18-7-5-15)10-16-3-1-2-11-8-14-9-12(11)16/h11-12,14H,1-10H2. The van der Waals surface area contributed by atoms with E-state index in [0.29, 0.717) is 25.8 Å². The quantitative estimate of drug-likeness (QED) is 0.722. The molecule has 3 aliphatic rings. The maximum atomic E-state index is 12.3. The summed E-state index contributed by atoms with van der Waals surface area (Å²) in [5.41, 5.74) is 0. The second kappa shape index (κ2) is 5.55. The van der Waals surface area contributed by atoms with Crippen molar-refractivity contribution in [1.29, 1.82) is 0 Å². The van der Waals surface area contributed by atoms with Crippen molar-refractivity contribution in [3.05, 3.63) is 0 Å². The highest BCUT2D eigenvalue weighted by Gasteiger charge is 2.36. The molecule has 0 spiro atoms. The topological polar surface area (TPSA) is 44.8 Å². The van der Waals surface area contributed by atoms with Gasteiger partial charge < -0.3 is 15.0 Å². The summed E-state index contributed by atoms with van der Waals surface area (Å²) in [5.74, 6) is 1.04. The predicted octanol–water partition coefficient (Wildman–Crippen LogP) is -0.471. The maximum Gasteiger partial charge on any atom is 0.236 e. The summed E-state index contributed by atoms with van der Waals surface area (Å²) in [6.07, 6.45) is 2.55. The molecule has 2 atom stereocenters. The highest BCUT2D eigenvalue weighted by molar-refractivity contribution is 5.78. The van der Waals surface area contributed by atoms with Gasteiger partial charge in [0.25, 0.3) is 0 Å². The maximum absolute atomic E-state index is 12.3. The van der Waals surface area contributed by atoms with Gasteiger partial charge in [-0.2, -0.15) is 0 Å². The molecule has 1 N–H and O–H groups in total. The molecule has 5 nitrogen and oxygen atoms in total. The van der Waals surface area contributed by atoms with E-state index in [0.717, 1.165) is 38.6 Å². The smallest absolute Gasteiger partial charge is 0.236 e. The van der Waals surface area contributed by atoms with E-state index < -0.39 is 0 Å². The van der Waals surface area contributed by atoms with Gasteiger partial charge in [-0.05, 0) is 31.8 Å². The lowest BCUT2D eigenvalue weighted by molar-refractivity contribution is -0.137. The molecule has 0 bridgehead atoms. The predicted molar refractivity (Wildman–Crippen MR) is 68.4 cm³/mol. The average Bonchev–Trinajstić information content (AvgIpc) is 2.89. The molecular formula is C13H23N3O2. The summed E-state index contributed by atoms with van der Waals surface area (Å²) in [6, 6.07) is 0.587. The van der Waals surface area contributed by atoms with Crippen LogP contribution >= 0.6 is 0 Å². The first-order chi connectivity index (χ1) is 8.84. The van der Waals surface area contributed by atoms with E-state index >= 15 is 0 Å². The Balaban J connectivity index is 1.56. The van der Waals surface area contributed by atoms with Gasteiger partial charge >= 0.3 is 0 Å². The van der Waals surface area contributed by atoms with E-state index in [2.05, 4.69) is 10.2 Å². The van der Waals surface area contributed by atoms with Gasteiger partial charge in [-0.15, -0.1) is 0 Å². The lowest BCUT2D eigenvalue weighted by Crippen LogP contribution is -2.51. The molecule has 0 aliphatic carbocycles. The van der Waals surface area contributed by atoms with E-state index in [-0.39, 0.29) is 5.91 Å². The zero-order valence-electron chi connectivity index (χ0n) is 10.9. The summed E-state index contributed by atoms with van der Waals surface area (Å²) in [6.45, 7) is 6.78. The van der Waals surface area contributed by atoms with Crippen molar-refractivity contribution in [2.24, 2.45) is 5.92 Å². The van der Waals surface area contributed by atoms with Crippen LogP contribution in [0.1, 0.15) is 12.8 Å². The van der Waals surface area contributed by atoms with Gasteiger partial charge in [0.1, 0.15) is 0 Å². The molecule has 0 saturated carbocycles. The monoisotopic (exact) mass is 253 g/mol. The Kier molecular flexibility index (Phi) is 3.82. The number of carbonyl (C=O) groups is 1. The highest BCUT2D eigenvalue weighted by atomic mass is 16.5. The molecule has 3 fully saturated rings. The van der Waals surface area contributed by atoms with E-state index in [1.165, 1.54) is 12.8 Å². The summed E-state index contributed by atoms with van der Waals surface area (Å²) in [4.78, 5) is 16.6. The number of hydrogen-bond donors (Lipinski definition) is 1. The molecule has 3 saturated heterocycles. The zero-order valence-corrected chi connectivity index (χ0v) is 10.9. The largest absolute Gasteiger partial charge is 0.378 e. The highest BCUT2D eigenvalue weighted by Crippen LogP contribution is 2.26. The number of fused-ring (bicyclic) bond motifs is 1. The third-order valence-electron chi connectivity index (χ3n) is 4.50. The number of nitrogens with zero attached hydrogens (tertiary/aromatic N) is 2. The van der Waals surface area contributed by atoms with Gasteiger partial charge in [-0.3, -0.25) is 9.69 Å². The number of likely N-dealkylation sites (tertiary alicyclic amines) is 1. The Bertz CT molecular complexity index is 305. The molecule has 0 aromatic rings. The first-order valence-electron chi connectivity index (χ1n) is 7.15. The Labute approximate surface area is 108 Å². The van der Waals surface area contributed by atoms with Crippen molar-refractivity contribution in [1.82, 2.24) is 15.1 Å². The summed E-state index contributed by atoms with van der Waals surface area (Å²) in [7, 11) is 0. The van der Waals surface area contributed by atoms with Crippen molar-refractivity contribution < 1.29 is 9.53 Å².